The topological polar surface area (TPSA) is 69.0 Å². The highest BCUT2D eigenvalue weighted by Crippen LogP contribution is 2.48. The number of aromatic nitrogens is 2. The smallest absolute Gasteiger partial charge is 0.269 e. The molecular weight excluding hydrogens is 372 g/mol. The highest BCUT2D eigenvalue weighted by Gasteiger charge is 2.35. The summed E-state index contributed by atoms with van der Waals surface area (Å²) in [6.07, 6.45) is 6.76. The van der Waals surface area contributed by atoms with Crippen LogP contribution in [0.4, 0.5) is 0 Å². The molecule has 7 heteroatoms. The van der Waals surface area contributed by atoms with Crippen LogP contribution in [0, 0.1) is 0 Å². The fourth-order valence-electron chi connectivity index (χ4n) is 3.13. The Balaban J connectivity index is 2.05. The van der Waals surface area contributed by atoms with Gasteiger partial charge in [-0.3, -0.25) is 9.78 Å². The van der Waals surface area contributed by atoms with E-state index in [0.29, 0.717) is 28.1 Å². The molecule has 0 radical (unpaired) electrons. The summed E-state index contributed by atoms with van der Waals surface area (Å²) >= 11 is 6.37. The lowest BCUT2D eigenvalue weighted by Crippen LogP contribution is -2.14. The van der Waals surface area contributed by atoms with Crippen molar-refractivity contribution in [1.82, 2.24) is 8.96 Å². The fourth-order valence-corrected chi connectivity index (χ4v) is 4.72. The molecule has 4 rings (SSSR count). The van der Waals surface area contributed by atoms with Crippen molar-refractivity contribution in [3.8, 4) is 11.3 Å². The van der Waals surface area contributed by atoms with Gasteiger partial charge in [0.1, 0.15) is 4.90 Å². The molecule has 0 spiro atoms. The molecule has 0 amide bonds. The van der Waals surface area contributed by atoms with Crippen LogP contribution in [-0.4, -0.2) is 23.7 Å². The Morgan fingerprint density at radius 1 is 1.15 bits per heavy atom. The predicted molar refractivity (Wildman–Crippen MR) is 99.1 cm³/mol. The molecule has 0 atom stereocenters. The third-order valence-electron chi connectivity index (χ3n) is 4.48. The van der Waals surface area contributed by atoms with E-state index in [0.717, 1.165) is 18.4 Å². The van der Waals surface area contributed by atoms with Gasteiger partial charge in [-0.1, -0.05) is 29.8 Å². The number of aldehydes is 1. The zero-order chi connectivity index (χ0) is 18.3. The van der Waals surface area contributed by atoms with Crippen molar-refractivity contribution in [2.24, 2.45) is 0 Å². The minimum Gasteiger partial charge on any atom is -0.298 e. The van der Waals surface area contributed by atoms with Gasteiger partial charge in [0.05, 0.1) is 5.69 Å². The first kappa shape index (κ1) is 17.0. The molecule has 1 fully saturated rings. The average molecular weight is 387 g/mol. The summed E-state index contributed by atoms with van der Waals surface area (Å²) in [5, 5.41) is 0.438. The Labute approximate surface area is 156 Å². The van der Waals surface area contributed by atoms with Gasteiger partial charge in [-0.25, -0.2) is 12.4 Å². The van der Waals surface area contributed by atoms with Gasteiger partial charge < -0.3 is 0 Å². The van der Waals surface area contributed by atoms with Crippen molar-refractivity contribution < 1.29 is 13.2 Å². The predicted octanol–water partition coefficient (Wildman–Crippen LogP) is 4.13. The first-order valence-electron chi connectivity index (χ1n) is 8.15. The Kier molecular flexibility index (Phi) is 4.17. The van der Waals surface area contributed by atoms with Crippen LogP contribution in [0.5, 0.6) is 0 Å². The number of halogens is 1. The summed E-state index contributed by atoms with van der Waals surface area (Å²) in [6, 6.07) is 10.1. The molecule has 0 bridgehead atoms. The minimum atomic E-state index is -3.92. The number of benzene rings is 1. The van der Waals surface area contributed by atoms with Crippen LogP contribution < -0.4 is 0 Å². The van der Waals surface area contributed by atoms with Gasteiger partial charge in [0, 0.05) is 34.7 Å². The zero-order valence-corrected chi connectivity index (χ0v) is 15.2. The number of carbonyl (C=O) groups excluding carboxylic acids is 1. The van der Waals surface area contributed by atoms with E-state index in [1.54, 1.807) is 30.3 Å². The van der Waals surface area contributed by atoms with Crippen molar-refractivity contribution in [2.45, 2.75) is 23.7 Å². The highest BCUT2D eigenvalue weighted by atomic mass is 35.5. The zero-order valence-electron chi connectivity index (χ0n) is 13.7. The van der Waals surface area contributed by atoms with Crippen LogP contribution >= 0.6 is 11.6 Å². The van der Waals surface area contributed by atoms with E-state index in [4.69, 9.17) is 11.6 Å². The second-order valence-corrected chi connectivity index (χ2v) is 8.43. The molecule has 1 aliphatic carbocycles. The Bertz CT molecular complexity index is 1090. The van der Waals surface area contributed by atoms with Gasteiger partial charge in [-0.15, -0.1) is 0 Å². The summed E-state index contributed by atoms with van der Waals surface area (Å²) in [5.74, 6) is 0.173. The molecule has 1 saturated carbocycles. The van der Waals surface area contributed by atoms with Crippen LogP contribution in [0.3, 0.4) is 0 Å². The quantitative estimate of drug-likeness (QED) is 0.618. The van der Waals surface area contributed by atoms with Crippen LogP contribution in [0.25, 0.3) is 11.3 Å². The summed E-state index contributed by atoms with van der Waals surface area (Å²) < 4.78 is 27.6. The SMILES string of the molecule is O=Cc1cn(S(=O)(=O)c2cccnc2)c(-c2ccccc2Cl)c1C1CC1. The maximum Gasteiger partial charge on any atom is 0.269 e. The van der Waals surface area contributed by atoms with Crippen molar-refractivity contribution in [2.75, 3.05) is 0 Å². The molecule has 3 aromatic rings. The van der Waals surface area contributed by atoms with Crippen molar-refractivity contribution in [3.63, 3.8) is 0 Å². The standard InChI is InChI=1S/C19H15ClN2O3S/c20-17-6-2-1-5-16(17)19-18(13-7-8-13)14(12-23)11-22(19)26(24,25)15-4-3-9-21-10-15/h1-6,9-13H,7-8H2. The maximum absolute atomic E-state index is 13.2. The average Bonchev–Trinajstić information content (AvgIpc) is 3.42. The third-order valence-corrected chi connectivity index (χ3v) is 6.45. The number of nitrogens with zero attached hydrogens (tertiary/aromatic N) is 2. The van der Waals surface area contributed by atoms with E-state index in [2.05, 4.69) is 4.98 Å². The molecule has 1 aromatic carbocycles. The minimum absolute atomic E-state index is 0.0584. The van der Waals surface area contributed by atoms with Gasteiger partial charge in [-0.2, -0.15) is 0 Å². The molecule has 0 N–H and O–H groups in total. The van der Waals surface area contributed by atoms with Crippen LogP contribution in [0.15, 0.2) is 59.9 Å². The lowest BCUT2D eigenvalue weighted by atomic mass is 10.0. The molecule has 5 nitrogen and oxygen atoms in total. The van der Waals surface area contributed by atoms with Gasteiger partial charge in [0.2, 0.25) is 0 Å². The monoisotopic (exact) mass is 386 g/mol. The van der Waals surface area contributed by atoms with Crippen molar-refractivity contribution in [3.05, 3.63) is 71.1 Å². The number of hydrogen-bond donors (Lipinski definition) is 0. The molecule has 26 heavy (non-hydrogen) atoms. The normalized spacial score (nSPS) is 14.3. The van der Waals surface area contributed by atoms with Gasteiger partial charge in [0.15, 0.2) is 6.29 Å². The molecule has 2 aromatic heterocycles. The Morgan fingerprint density at radius 2 is 1.92 bits per heavy atom. The van der Waals surface area contributed by atoms with E-state index >= 15 is 0 Å². The number of pyridine rings is 1. The van der Waals surface area contributed by atoms with E-state index in [-0.39, 0.29) is 10.8 Å². The van der Waals surface area contributed by atoms with Gasteiger partial charge >= 0.3 is 0 Å². The van der Waals surface area contributed by atoms with Crippen LogP contribution in [0.2, 0.25) is 5.02 Å². The molecule has 132 valence electrons. The number of rotatable bonds is 5. The molecule has 0 aliphatic heterocycles. The largest absolute Gasteiger partial charge is 0.298 e. The fraction of sp³-hybridized carbons (Fsp3) is 0.158. The Morgan fingerprint density at radius 3 is 2.54 bits per heavy atom. The van der Waals surface area contributed by atoms with Gasteiger partial charge in [0.25, 0.3) is 10.0 Å². The van der Waals surface area contributed by atoms with E-state index in [1.807, 2.05) is 0 Å². The van der Waals surface area contributed by atoms with Crippen LogP contribution in [-0.2, 0) is 10.0 Å². The number of hydrogen-bond acceptors (Lipinski definition) is 4. The lowest BCUT2D eigenvalue weighted by molar-refractivity contribution is 0.112. The second-order valence-electron chi connectivity index (χ2n) is 6.21. The first-order valence-corrected chi connectivity index (χ1v) is 9.96. The molecule has 0 saturated heterocycles. The summed E-state index contributed by atoms with van der Waals surface area (Å²) in [5.41, 5.74) is 2.19. The third kappa shape index (κ3) is 2.75. The van der Waals surface area contributed by atoms with Crippen molar-refractivity contribution in [1.29, 1.82) is 0 Å². The van der Waals surface area contributed by atoms with E-state index in [1.165, 1.54) is 28.6 Å². The van der Waals surface area contributed by atoms with Crippen molar-refractivity contribution >= 4 is 27.9 Å². The summed E-state index contributed by atoms with van der Waals surface area (Å²) in [6.45, 7) is 0. The maximum atomic E-state index is 13.2. The summed E-state index contributed by atoms with van der Waals surface area (Å²) in [7, 11) is -3.92. The first-order chi connectivity index (χ1) is 12.5. The van der Waals surface area contributed by atoms with E-state index < -0.39 is 10.0 Å². The Hall–Kier alpha value is -2.44. The molecular formula is C19H15ClN2O3S. The molecule has 2 heterocycles. The highest BCUT2D eigenvalue weighted by molar-refractivity contribution is 7.90. The number of carbonyl (C=O) groups is 1. The van der Waals surface area contributed by atoms with Crippen LogP contribution in [0.1, 0.15) is 34.7 Å². The van der Waals surface area contributed by atoms with E-state index in [9.17, 15) is 13.2 Å². The molecule has 1 aliphatic rings. The second kappa shape index (κ2) is 6.37. The summed E-state index contributed by atoms with van der Waals surface area (Å²) in [4.78, 5) is 15.6. The van der Waals surface area contributed by atoms with Gasteiger partial charge in [-0.05, 0) is 42.5 Å². The lowest BCUT2D eigenvalue weighted by Gasteiger charge is -2.13. The molecule has 0 unspecified atom stereocenters.